The van der Waals surface area contributed by atoms with Gasteiger partial charge in [-0.3, -0.25) is 0 Å². The molecular weight excluding hydrogens is 352 g/mol. The van der Waals surface area contributed by atoms with Crippen molar-refractivity contribution in [2.75, 3.05) is 0 Å². The largest absolute Gasteiger partial charge is 0.507 e. The van der Waals surface area contributed by atoms with E-state index in [4.69, 9.17) is 0 Å². The van der Waals surface area contributed by atoms with Crippen LogP contribution in [0.3, 0.4) is 0 Å². The first-order chi connectivity index (χ1) is 13.6. The Kier molecular flexibility index (Phi) is 12.8. The molecule has 0 aromatic heterocycles. The summed E-state index contributed by atoms with van der Waals surface area (Å²) >= 11 is 0. The van der Waals surface area contributed by atoms with Gasteiger partial charge in [-0.1, -0.05) is 69.0 Å². The van der Waals surface area contributed by atoms with E-state index in [0.717, 1.165) is 51.4 Å². The van der Waals surface area contributed by atoms with Crippen LogP contribution in [0.5, 0.6) is 5.75 Å². The minimum Gasteiger partial charge on any atom is -0.507 e. The molecule has 1 aromatic rings. The van der Waals surface area contributed by atoms with Gasteiger partial charge in [-0.15, -0.1) is 0 Å². The Bertz CT molecular complexity index is 619. The number of hydrogen-bond acceptors (Lipinski definition) is 3. The first-order valence-corrected chi connectivity index (χ1v) is 10.6. The van der Waals surface area contributed by atoms with Crippen LogP contribution in [0.2, 0.25) is 0 Å². The Morgan fingerprint density at radius 2 is 1.75 bits per heavy atom. The minimum atomic E-state index is -1.06. The zero-order chi connectivity index (χ0) is 20.6. The van der Waals surface area contributed by atoms with Gasteiger partial charge < -0.3 is 15.3 Å². The number of carboxylic acid groups (broad SMARTS) is 1. The van der Waals surface area contributed by atoms with E-state index in [2.05, 4.69) is 31.2 Å². The third kappa shape index (κ3) is 10.3. The molecule has 0 fully saturated rings. The van der Waals surface area contributed by atoms with Crippen molar-refractivity contribution in [1.29, 1.82) is 0 Å². The number of carboxylic acids is 1. The minimum absolute atomic E-state index is 0.0431. The van der Waals surface area contributed by atoms with E-state index < -0.39 is 5.97 Å². The topological polar surface area (TPSA) is 77.8 Å². The summed E-state index contributed by atoms with van der Waals surface area (Å²) in [5, 5.41) is 28.5. The number of rotatable bonds is 15. The number of aryl methyl sites for hydroxylation is 1. The van der Waals surface area contributed by atoms with Gasteiger partial charge in [0.25, 0.3) is 0 Å². The number of benzene rings is 1. The van der Waals surface area contributed by atoms with Crippen molar-refractivity contribution in [3.63, 3.8) is 0 Å². The number of carbonyl (C=O) groups is 1. The van der Waals surface area contributed by atoms with Gasteiger partial charge in [-0.05, 0) is 56.6 Å². The molecule has 0 aliphatic carbocycles. The van der Waals surface area contributed by atoms with E-state index >= 15 is 0 Å². The zero-order valence-electron chi connectivity index (χ0n) is 17.1. The molecule has 156 valence electrons. The fourth-order valence-electron chi connectivity index (χ4n) is 3.24. The van der Waals surface area contributed by atoms with Crippen molar-refractivity contribution in [1.82, 2.24) is 0 Å². The molecule has 1 aromatic carbocycles. The third-order valence-electron chi connectivity index (χ3n) is 4.80. The van der Waals surface area contributed by atoms with Crippen molar-refractivity contribution in [3.8, 4) is 5.75 Å². The first-order valence-electron chi connectivity index (χ1n) is 10.6. The highest BCUT2D eigenvalue weighted by Gasteiger charge is 2.14. The normalized spacial score (nSPS) is 12.8. The predicted octanol–water partition coefficient (Wildman–Crippen LogP) is 6.03. The number of aromatic hydroxyl groups is 1. The first kappa shape index (κ1) is 24.0. The average Bonchev–Trinajstić information content (AvgIpc) is 2.65. The summed E-state index contributed by atoms with van der Waals surface area (Å²) in [5.74, 6) is -1.21. The predicted molar refractivity (Wildman–Crippen MR) is 115 cm³/mol. The molecule has 0 saturated heterocycles. The number of phenols is 1. The van der Waals surface area contributed by atoms with Gasteiger partial charge in [0.15, 0.2) is 0 Å². The molecule has 0 heterocycles. The monoisotopic (exact) mass is 388 g/mol. The maximum atomic E-state index is 11.2. The van der Waals surface area contributed by atoms with Crippen LogP contribution in [-0.4, -0.2) is 27.4 Å². The second kappa shape index (κ2) is 14.9. The Balaban J connectivity index is 2.06. The van der Waals surface area contributed by atoms with Gasteiger partial charge in [-0.25, -0.2) is 4.79 Å². The van der Waals surface area contributed by atoms with Crippen molar-refractivity contribution >= 4 is 5.97 Å². The van der Waals surface area contributed by atoms with Crippen molar-refractivity contribution in [3.05, 3.63) is 53.6 Å². The molecule has 0 aliphatic heterocycles. The van der Waals surface area contributed by atoms with E-state index in [1.54, 1.807) is 12.1 Å². The van der Waals surface area contributed by atoms with Gasteiger partial charge in [0.05, 0.1) is 6.10 Å². The smallest absolute Gasteiger partial charge is 0.339 e. The lowest BCUT2D eigenvalue weighted by Gasteiger charge is -2.07. The molecular formula is C24H36O4. The van der Waals surface area contributed by atoms with E-state index in [0.29, 0.717) is 12.0 Å². The quantitative estimate of drug-likeness (QED) is 0.253. The number of aliphatic hydroxyl groups excluding tert-OH is 1. The summed E-state index contributed by atoms with van der Waals surface area (Å²) in [6.07, 6.45) is 19.2. The average molecular weight is 389 g/mol. The lowest BCUT2D eigenvalue weighted by Crippen LogP contribution is -2.03. The molecule has 3 N–H and O–H groups in total. The summed E-state index contributed by atoms with van der Waals surface area (Å²) in [7, 11) is 0. The van der Waals surface area contributed by atoms with Crippen LogP contribution in [0, 0.1) is 0 Å². The van der Waals surface area contributed by atoms with Gasteiger partial charge in [0.2, 0.25) is 0 Å². The van der Waals surface area contributed by atoms with Crippen LogP contribution in [-0.2, 0) is 6.42 Å². The fourth-order valence-corrected chi connectivity index (χ4v) is 3.24. The van der Waals surface area contributed by atoms with Crippen molar-refractivity contribution < 1.29 is 20.1 Å². The van der Waals surface area contributed by atoms with E-state index in [1.165, 1.54) is 18.9 Å². The zero-order valence-corrected chi connectivity index (χ0v) is 17.1. The number of unbranched alkanes of at least 4 members (excludes halogenated alkanes) is 5. The Hall–Kier alpha value is -2.07. The summed E-state index contributed by atoms with van der Waals surface area (Å²) in [6.45, 7) is 2.08. The molecule has 0 unspecified atom stereocenters. The maximum absolute atomic E-state index is 11.2. The second-order valence-electron chi connectivity index (χ2n) is 7.28. The van der Waals surface area contributed by atoms with Crippen molar-refractivity contribution in [2.24, 2.45) is 0 Å². The fraction of sp³-hybridized carbons (Fsp3) is 0.542. The molecule has 0 amide bonds. The Labute approximate surface area is 169 Å². The summed E-state index contributed by atoms with van der Waals surface area (Å²) in [5.41, 5.74) is 0.757. The molecule has 0 bridgehead atoms. The van der Waals surface area contributed by atoms with E-state index in [1.807, 2.05) is 0 Å². The third-order valence-corrected chi connectivity index (χ3v) is 4.80. The van der Waals surface area contributed by atoms with Crippen molar-refractivity contribution in [2.45, 2.75) is 83.7 Å². The van der Waals surface area contributed by atoms with Crippen LogP contribution >= 0.6 is 0 Å². The lowest BCUT2D eigenvalue weighted by molar-refractivity contribution is 0.0692. The van der Waals surface area contributed by atoms with Crippen LogP contribution in [0.25, 0.3) is 0 Å². The lowest BCUT2D eigenvalue weighted by atomic mass is 9.99. The molecule has 0 saturated carbocycles. The van der Waals surface area contributed by atoms with Gasteiger partial charge in [-0.2, -0.15) is 0 Å². The van der Waals surface area contributed by atoms with Gasteiger partial charge >= 0.3 is 5.97 Å². The highest BCUT2D eigenvalue weighted by molar-refractivity contribution is 5.92. The van der Waals surface area contributed by atoms with E-state index in [9.17, 15) is 20.1 Å². The number of aromatic carboxylic acids is 1. The highest BCUT2D eigenvalue weighted by Crippen LogP contribution is 2.23. The number of hydrogen-bond donors (Lipinski definition) is 3. The Morgan fingerprint density at radius 3 is 2.50 bits per heavy atom. The second-order valence-corrected chi connectivity index (χ2v) is 7.28. The molecule has 1 rings (SSSR count). The summed E-state index contributed by atoms with van der Waals surface area (Å²) in [4.78, 5) is 11.2. The summed E-state index contributed by atoms with van der Waals surface area (Å²) < 4.78 is 0. The van der Waals surface area contributed by atoms with Crippen LogP contribution in [0.1, 0.15) is 87.1 Å². The van der Waals surface area contributed by atoms with Gasteiger partial charge in [0.1, 0.15) is 11.3 Å². The molecule has 4 nitrogen and oxygen atoms in total. The van der Waals surface area contributed by atoms with Gasteiger partial charge in [0, 0.05) is 0 Å². The van der Waals surface area contributed by atoms with E-state index in [-0.39, 0.29) is 17.4 Å². The van der Waals surface area contributed by atoms with Crippen LogP contribution in [0.4, 0.5) is 0 Å². The maximum Gasteiger partial charge on any atom is 0.339 e. The van der Waals surface area contributed by atoms with Crippen LogP contribution < -0.4 is 0 Å². The van der Waals surface area contributed by atoms with Crippen LogP contribution in [0.15, 0.2) is 42.5 Å². The standard InChI is InChI=1S/C24H36O4/c1-2-15-21(25)18-13-11-9-7-5-3-4-6-8-10-12-16-20-17-14-19-22(26)23(20)24(27)28/h5,7,11,13-14,17,19,21,25-26H,2-4,6,8-10,12,15-16,18H2,1H3,(H,27,28)/b7-5-,13-11-/t21-/m1/s1. The number of aliphatic hydroxyl groups is 1. The molecule has 28 heavy (non-hydrogen) atoms. The number of allylic oxidation sites excluding steroid dienone is 3. The molecule has 0 radical (unpaired) electrons. The summed E-state index contributed by atoms with van der Waals surface area (Å²) in [6, 6.07) is 4.91. The molecule has 0 spiro atoms. The highest BCUT2D eigenvalue weighted by atomic mass is 16.4. The molecule has 0 aliphatic rings. The SMILES string of the molecule is CCC[C@@H](O)C/C=C\C/C=C\CCCCCCCc1cccc(O)c1C(=O)O. The molecule has 4 heteroatoms. The molecule has 1 atom stereocenters. The Morgan fingerprint density at radius 1 is 1.04 bits per heavy atom.